The van der Waals surface area contributed by atoms with Gasteiger partial charge < -0.3 is 4.74 Å². The van der Waals surface area contributed by atoms with Gasteiger partial charge in [-0.15, -0.1) is 0 Å². The maximum absolute atomic E-state index is 5.52. The lowest BCUT2D eigenvalue weighted by atomic mass is 10.1. The molecule has 0 amide bonds. The summed E-state index contributed by atoms with van der Waals surface area (Å²) in [5.41, 5.74) is 1.43. The van der Waals surface area contributed by atoms with Crippen molar-refractivity contribution < 1.29 is 4.74 Å². The zero-order chi connectivity index (χ0) is 15.9. The zero-order valence-electron chi connectivity index (χ0n) is 14.5. The van der Waals surface area contributed by atoms with Crippen LogP contribution in [0.15, 0.2) is 30.3 Å². The van der Waals surface area contributed by atoms with Crippen LogP contribution in [-0.2, 0) is 11.3 Å². The first-order valence-corrected chi connectivity index (χ1v) is 9.07. The summed E-state index contributed by atoms with van der Waals surface area (Å²) in [7, 11) is 1.85. The number of methoxy groups -OCH3 is 1. The highest BCUT2D eigenvalue weighted by atomic mass is 16.5. The number of ether oxygens (including phenoxy) is 1. The van der Waals surface area contributed by atoms with Crippen LogP contribution < -0.4 is 0 Å². The molecule has 0 bridgehead atoms. The molecule has 1 aromatic carbocycles. The number of likely N-dealkylation sites (tertiary alicyclic amines) is 1. The van der Waals surface area contributed by atoms with E-state index >= 15 is 0 Å². The normalized spacial score (nSPS) is 24.8. The van der Waals surface area contributed by atoms with Gasteiger partial charge in [0.15, 0.2) is 0 Å². The van der Waals surface area contributed by atoms with Gasteiger partial charge in [0.05, 0.1) is 6.10 Å². The number of hydrogen-bond acceptors (Lipinski definition) is 4. The van der Waals surface area contributed by atoms with Crippen LogP contribution in [0.25, 0.3) is 0 Å². The molecule has 4 nitrogen and oxygen atoms in total. The average molecular weight is 317 g/mol. The lowest BCUT2D eigenvalue weighted by molar-refractivity contribution is 0.0253. The monoisotopic (exact) mass is 317 g/mol. The van der Waals surface area contributed by atoms with Gasteiger partial charge in [-0.1, -0.05) is 30.3 Å². The first kappa shape index (κ1) is 16.9. The van der Waals surface area contributed by atoms with Crippen LogP contribution in [0, 0.1) is 0 Å². The van der Waals surface area contributed by atoms with E-state index < -0.39 is 0 Å². The molecule has 0 radical (unpaired) electrons. The van der Waals surface area contributed by atoms with Crippen LogP contribution >= 0.6 is 0 Å². The summed E-state index contributed by atoms with van der Waals surface area (Å²) in [4.78, 5) is 7.78. The summed E-state index contributed by atoms with van der Waals surface area (Å²) < 4.78 is 5.52. The molecule has 0 aromatic heterocycles. The Bertz CT molecular complexity index is 445. The largest absolute Gasteiger partial charge is 0.380 e. The Morgan fingerprint density at radius 2 is 1.61 bits per heavy atom. The number of rotatable bonds is 6. The fourth-order valence-electron chi connectivity index (χ4n) is 3.70. The second-order valence-electron chi connectivity index (χ2n) is 6.90. The summed E-state index contributed by atoms with van der Waals surface area (Å²) in [6.45, 7) is 10.6. The first-order chi connectivity index (χ1) is 11.3. The third-order valence-corrected chi connectivity index (χ3v) is 5.24. The van der Waals surface area contributed by atoms with Crippen molar-refractivity contribution in [1.29, 1.82) is 0 Å². The van der Waals surface area contributed by atoms with Gasteiger partial charge in [-0.25, -0.2) is 0 Å². The van der Waals surface area contributed by atoms with Gasteiger partial charge >= 0.3 is 0 Å². The van der Waals surface area contributed by atoms with E-state index in [9.17, 15) is 0 Å². The van der Waals surface area contributed by atoms with E-state index in [0.717, 1.165) is 13.1 Å². The summed E-state index contributed by atoms with van der Waals surface area (Å²) in [6.07, 6.45) is 2.96. The van der Waals surface area contributed by atoms with E-state index in [1.807, 2.05) is 7.11 Å². The van der Waals surface area contributed by atoms with E-state index in [2.05, 4.69) is 45.0 Å². The van der Waals surface area contributed by atoms with Crippen molar-refractivity contribution in [3.63, 3.8) is 0 Å². The Kier molecular flexibility index (Phi) is 6.46. The summed E-state index contributed by atoms with van der Waals surface area (Å²) in [6, 6.07) is 10.8. The molecule has 2 aliphatic rings. The molecular weight excluding hydrogens is 286 g/mol. The molecule has 2 aliphatic heterocycles. The van der Waals surface area contributed by atoms with E-state index in [0.29, 0.717) is 6.10 Å². The molecular formula is C19H31N3O. The van der Waals surface area contributed by atoms with Gasteiger partial charge in [0.25, 0.3) is 0 Å². The number of hydrogen-bond donors (Lipinski definition) is 0. The molecule has 128 valence electrons. The lowest BCUT2D eigenvalue weighted by Gasteiger charge is -2.37. The van der Waals surface area contributed by atoms with Gasteiger partial charge in [0, 0.05) is 59.5 Å². The predicted octanol–water partition coefficient (Wildman–Crippen LogP) is 1.91. The molecule has 0 spiro atoms. The smallest absolute Gasteiger partial charge is 0.0698 e. The Balaban J connectivity index is 1.34. The minimum atomic E-state index is 0.450. The van der Waals surface area contributed by atoms with Gasteiger partial charge in [-0.05, 0) is 24.9 Å². The van der Waals surface area contributed by atoms with E-state index in [1.54, 1.807) is 0 Å². The topological polar surface area (TPSA) is 19.0 Å². The Morgan fingerprint density at radius 3 is 2.35 bits per heavy atom. The van der Waals surface area contributed by atoms with Crippen molar-refractivity contribution in [2.75, 3.05) is 59.5 Å². The van der Waals surface area contributed by atoms with Crippen LogP contribution in [0.3, 0.4) is 0 Å². The molecule has 1 aromatic rings. The molecule has 2 heterocycles. The second-order valence-corrected chi connectivity index (χ2v) is 6.90. The van der Waals surface area contributed by atoms with Gasteiger partial charge in [-0.2, -0.15) is 0 Å². The SMILES string of the molecule is CO[C@H]1CCCN(CCN2CCN(Cc3ccccc3)CC2)C1. The highest BCUT2D eigenvalue weighted by Crippen LogP contribution is 2.13. The van der Waals surface area contributed by atoms with Crippen molar-refractivity contribution in [3.05, 3.63) is 35.9 Å². The molecule has 0 aliphatic carbocycles. The molecule has 2 fully saturated rings. The van der Waals surface area contributed by atoms with Crippen molar-refractivity contribution in [1.82, 2.24) is 14.7 Å². The Morgan fingerprint density at radius 1 is 0.913 bits per heavy atom. The first-order valence-electron chi connectivity index (χ1n) is 9.07. The number of benzene rings is 1. The predicted molar refractivity (Wildman–Crippen MR) is 94.6 cm³/mol. The summed E-state index contributed by atoms with van der Waals surface area (Å²) >= 11 is 0. The van der Waals surface area contributed by atoms with Gasteiger partial charge in [0.1, 0.15) is 0 Å². The maximum atomic E-state index is 5.52. The number of piperazine rings is 1. The Hall–Kier alpha value is -0.940. The Labute approximate surface area is 141 Å². The maximum Gasteiger partial charge on any atom is 0.0698 e. The minimum absolute atomic E-state index is 0.450. The fourth-order valence-corrected chi connectivity index (χ4v) is 3.70. The molecule has 4 heteroatoms. The molecule has 0 unspecified atom stereocenters. The van der Waals surface area contributed by atoms with Crippen LogP contribution in [0.1, 0.15) is 18.4 Å². The highest BCUT2D eigenvalue weighted by molar-refractivity contribution is 5.14. The minimum Gasteiger partial charge on any atom is -0.380 e. The quantitative estimate of drug-likeness (QED) is 0.798. The van der Waals surface area contributed by atoms with E-state index in [4.69, 9.17) is 4.74 Å². The molecule has 1 atom stereocenters. The number of nitrogens with zero attached hydrogens (tertiary/aromatic N) is 3. The second kappa shape index (κ2) is 8.78. The molecule has 23 heavy (non-hydrogen) atoms. The van der Waals surface area contributed by atoms with Crippen molar-refractivity contribution in [2.24, 2.45) is 0 Å². The van der Waals surface area contributed by atoms with E-state index in [-0.39, 0.29) is 0 Å². The van der Waals surface area contributed by atoms with Crippen LogP contribution in [-0.4, -0.2) is 80.3 Å². The highest BCUT2D eigenvalue weighted by Gasteiger charge is 2.21. The number of piperidine rings is 1. The standard InChI is InChI=1S/C19H31N3O/c1-23-19-8-5-9-21(17-19)13-10-20-11-14-22(15-12-20)16-18-6-3-2-4-7-18/h2-4,6-7,19H,5,8-17H2,1H3/t19-/m0/s1. The van der Waals surface area contributed by atoms with Crippen molar-refractivity contribution in [3.8, 4) is 0 Å². The van der Waals surface area contributed by atoms with Gasteiger partial charge in [0.2, 0.25) is 0 Å². The lowest BCUT2D eigenvalue weighted by Crippen LogP contribution is -2.49. The van der Waals surface area contributed by atoms with Crippen LogP contribution in [0.5, 0.6) is 0 Å². The molecule has 2 saturated heterocycles. The van der Waals surface area contributed by atoms with E-state index in [1.165, 1.54) is 64.2 Å². The summed E-state index contributed by atoms with van der Waals surface area (Å²) in [5, 5.41) is 0. The molecule has 0 saturated carbocycles. The third kappa shape index (κ3) is 5.28. The van der Waals surface area contributed by atoms with Gasteiger partial charge in [-0.3, -0.25) is 14.7 Å². The van der Waals surface area contributed by atoms with Crippen LogP contribution in [0.4, 0.5) is 0 Å². The molecule has 3 rings (SSSR count). The fraction of sp³-hybridized carbons (Fsp3) is 0.684. The third-order valence-electron chi connectivity index (χ3n) is 5.24. The average Bonchev–Trinajstić information content (AvgIpc) is 2.62. The van der Waals surface area contributed by atoms with Crippen molar-refractivity contribution >= 4 is 0 Å². The zero-order valence-corrected chi connectivity index (χ0v) is 14.5. The van der Waals surface area contributed by atoms with Crippen molar-refractivity contribution in [2.45, 2.75) is 25.5 Å². The summed E-state index contributed by atoms with van der Waals surface area (Å²) in [5.74, 6) is 0. The molecule has 0 N–H and O–H groups in total. The van der Waals surface area contributed by atoms with Crippen LogP contribution in [0.2, 0.25) is 0 Å².